The smallest absolute Gasteiger partial charge is 0.185 e. The van der Waals surface area contributed by atoms with Gasteiger partial charge in [-0.25, -0.2) is 0 Å². The molecule has 0 bridgehead atoms. The fourth-order valence-corrected chi connectivity index (χ4v) is 3.02. The lowest BCUT2D eigenvalue weighted by Crippen LogP contribution is -2.18. The number of carbonyl (C=O) groups excluding carboxylic acids is 1. The number of methoxy groups -OCH3 is 1. The van der Waals surface area contributed by atoms with Crippen molar-refractivity contribution in [3.05, 3.63) is 65.2 Å². The third kappa shape index (κ3) is 4.48. The van der Waals surface area contributed by atoms with Gasteiger partial charge in [0.15, 0.2) is 5.78 Å². The molecule has 0 saturated carbocycles. The molecule has 1 saturated heterocycles. The number of ether oxygens (including phenoxy) is 1. The van der Waals surface area contributed by atoms with E-state index in [0.29, 0.717) is 5.56 Å². The van der Waals surface area contributed by atoms with Crippen molar-refractivity contribution in [3.8, 4) is 11.5 Å². The standard InChI is InChI=1S/C21H23NO3/c1-25-19-9-7-17(8-10-19)20(23)11-5-16-4-6-18(21(24)14-16)15-22-12-2-3-13-22/h4-11,14,24H,2-3,12-13,15H2,1H3/b11-5+. The van der Waals surface area contributed by atoms with Crippen LogP contribution in [-0.2, 0) is 6.54 Å². The number of likely N-dealkylation sites (tertiary alicyclic amines) is 1. The molecule has 0 amide bonds. The molecule has 0 spiro atoms. The summed E-state index contributed by atoms with van der Waals surface area (Å²) in [6, 6.07) is 12.6. The summed E-state index contributed by atoms with van der Waals surface area (Å²) < 4.78 is 5.09. The Kier molecular flexibility index (Phi) is 5.51. The van der Waals surface area contributed by atoms with Crippen LogP contribution in [0.4, 0.5) is 0 Å². The first-order valence-electron chi connectivity index (χ1n) is 8.56. The van der Waals surface area contributed by atoms with Crippen LogP contribution in [0.1, 0.15) is 34.3 Å². The van der Waals surface area contributed by atoms with Crippen molar-refractivity contribution in [1.82, 2.24) is 4.90 Å². The van der Waals surface area contributed by atoms with Crippen molar-refractivity contribution >= 4 is 11.9 Å². The van der Waals surface area contributed by atoms with Crippen molar-refractivity contribution in [3.63, 3.8) is 0 Å². The topological polar surface area (TPSA) is 49.8 Å². The Morgan fingerprint density at radius 3 is 2.52 bits per heavy atom. The van der Waals surface area contributed by atoms with Crippen LogP contribution in [0, 0.1) is 0 Å². The number of benzene rings is 2. The van der Waals surface area contributed by atoms with Gasteiger partial charge in [-0.05, 0) is 67.9 Å². The van der Waals surface area contributed by atoms with E-state index in [0.717, 1.165) is 36.5 Å². The Morgan fingerprint density at radius 2 is 1.88 bits per heavy atom. The molecule has 1 fully saturated rings. The van der Waals surface area contributed by atoms with Crippen LogP contribution in [0.3, 0.4) is 0 Å². The van der Waals surface area contributed by atoms with Crippen LogP contribution in [0.5, 0.6) is 11.5 Å². The second-order valence-electron chi connectivity index (χ2n) is 6.30. The van der Waals surface area contributed by atoms with Crippen LogP contribution >= 0.6 is 0 Å². The highest BCUT2D eigenvalue weighted by molar-refractivity contribution is 6.06. The number of hydrogen-bond donors (Lipinski definition) is 1. The van der Waals surface area contributed by atoms with Crippen LogP contribution in [0.15, 0.2) is 48.5 Å². The number of ketones is 1. The fourth-order valence-electron chi connectivity index (χ4n) is 3.02. The molecule has 1 heterocycles. The van der Waals surface area contributed by atoms with Crippen LogP contribution in [0.25, 0.3) is 6.08 Å². The van der Waals surface area contributed by atoms with E-state index in [4.69, 9.17) is 4.74 Å². The minimum Gasteiger partial charge on any atom is -0.508 e. The minimum atomic E-state index is -0.0803. The molecule has 4 nitrogen and oxygen atoms in total. The van der Waals surface area contributed by atoms with Gasteiger partial charge in [0, 0.05) is 17.7 Å². The van der Waals surface area contributed by atoms with Crippen molar-refractivity contribution in [2.45, 2.75) is 19.4 Å². The molecule has 1 aliphatic heterocycles. The zero-order valence-corrected chi connectivity index (χ0v) is 14.4. The summed E-state index contributed by atoms with van der Waals surface area (Å²) in [6.45, 7) is 2.97. The summed E-state index contributed by atoms with van der Waals surface area (Å²) in [6.07, 6.45) is 5.72. The zero-order valence-electron chi connectivity index (χ0n) is 14.4. The van der Waals surface area contributed by atoms with Gasteiger partial charge in [0.1, 0.15) is 11.5 Å². The molecule has 0 radical (unpaired) electrons. The lowest BCUT2D eigenvalue weighted by molar-refractivity contribution is 0.104. The molecule has 130 valence electrons. The normalized spacial score (nSPS) is 14.9. The van der Waals surface area contributed by atoms with Gasteiger partial charge in [0.05, 0.1) is 7.11 Å². The average Bonchev–Trinajstić information content (AvgIpc) is 3.15. The first-order chi connectivity index (χ1) is 12.2. The molecular weight excluding hydrogens is 314 g/mol. The van der Waals surface area contributed by atoms with Crippen LogP contribution in [0.2, 0.25) is 0 Å². The molecule has 1 N–H and O–H groups in total. The SMILES string of the molecule is COc1ccc(C(=O)/C=C/c2ccc(CN3CCCC3)c(O)c2)cc1. The number of hydrogen-bond acceptors (Lipinski definition) is 4. The number of aromatic hydroxyl groups is 1. The molecule has 0 atom stereocenters. The van der Waals surface area contributed by atoms with Gasteiger partial charge in [-0.3, -0.25) is 9.69 Å². The number of rotatable bonds is 6. The number of phenols is 1. The summed E-state index contributed by atoms with van der Waals surface area (Å²) in [5.41, 5.74) is 2.34. The van der Waals surface area contributed by atoms with Gasteiger partial charge in [-0.15, -0.1) is 0 Å². The van der Waals surface area contributed by atoms with E-state index in [1.165, 1.54) is 18.9 Å². The molecule has 25 heavy (non-hydrogen) atoms. The van der Waals surface area contributed by atoms with E-state index in [1.54, 1.807) is 43.5 Å². The highest BCUT2D eigenvalue weighted by Crippen LogP contribution is 2.23. The first-order valence-corrected chi connectivity index (χ1v) is 8.56. The molecule has 2 aromatic rings. The highest BCUT2D eigenvalue weighted by atomic mass is 16.5. The Bertz CT molecular complexity index is 759. The van der Waals surface area contributed by atoms with Gasteiger partial charge in [-0.1, -0.05) is 18.2 Å². The number of phenolic OH excluding ortho intramolecular Hbond substituents is 1. The van der Waals surface area contributed by atoms with Crippen LogP contribution < -0.4 is 4.74 Å². The maximum absolute atomic E-state index is 12.2. The predicted octanol–water partition coefficient (Wildman–Crippen LogP) is 3.89. The van der Waals surface area contributed by atoms with Crippen molar-refractivity contribution in [2.75, 3.05) is 20.2 Å². The molecule has 1 aliphatic rings. The lowest BCUT2D eigenvalue weighted by atomic mass is 10.1. The molecule has 3 rings (SSSR count). The second kappa shape index (κ2) is 7.99. The Hall–Kier alpha value is -2.59. The zero-order chi connectivity index (χ0) is 17.6. The first kappa shape index (κ1) is 17.2. The van der Waals surface area contributed by atoms with E-state index in [1.807, 2.05) is 12.1 Å². The van der Waals surface area contributed by atoms with Crippen molar-refractivity contribution in [1.29, 1.82) is 0 Å². The molecule has 0 aliphatic carbocycles. The number of nitrogens with zero attached hydrogens (tertiary/aromatic N) is 1. The van der Waals surface area contributed by atoms with E-state index in [-0.39, 0.29) is 11.5 Å². The van der Waals surface area contributed by atoms with Gasteiger partial charge in [-0.2, -0.15) is 0 Å². The molecule has 4 heteroatoms. The summed E-state index contributed by atoms with van der Waals surface area (Å²) >= 11 is 0. The quantitative estimate of drug-likeness (QED) is 0.642. The van der Waals surface area contributed by atoms with Crippen molar-refractivity contribution in [2.24, 2.45) is 0 Å². The molecule has 2 aromatic carbocycles. The number of carbonyl (C=O) groups is 1. The molecule has 0 unspecified atom stereocenters. The van der Waals surface area contributed by atoms with Gasteiger partial charge in [0.25, 0.3) is 0 Å². The summed E-state index contributed by atoms with van der Waals surface area (Å²) in [7, 11) is 1.59. The summed E-state index contributed by atoms with van der Waals surface area (Å²) in [5.74, 6) is 0.924. The van der Waals surface area contributed by atoms with E-state index in [2.05, 4.69) is 4.90 Å². The average molecular weight is 337 g/mol. The lowest BCUT2D eigenvalue weighted by Gasteiger charge is -2.15. The van der Waals surface area contributed by atoms with Gasteiger partial charge >= 0.3 is 0 Å². The fraction of sp³-hybridized carbons (Fsp3) is 0.286. The maximum atomic E-state index is 12.2. The number of allylic oxidation sites excluding steroid dienone is 1. The maximum Gasteiger partial charge on any atom is 0.185 e. The van der Waals surface area contributed by atoms with Crippen molar-refractivity contribution < 1.29 is 14.6 Å². The van der Waals surface area contributed by atoms with Gasteiger partial charge in [0.2, 0.25) is 0 Å². The Labute approximate surface area is 148 Å². The predicted molar refractivity (Wildman–Crippen MR) is 99.0 cm³/mol. The Morgan fingerprint density at radius 1 is 1.16 bits per heavy atom. The monoisotopic (exact) mass is 337 g/mol. The summed E-state index contributed by atoms with van der Waals surface area (Å²) in [5, 5.41) is 10.2. The van der Waals surface area contributed by atoms with E-state index < -0.39 is 0 Å². The highest BCUT2D eigenvalue weighted by Gasteiger charge is 2.13. The molecular formula is C21H23NO3. The third-order valence-corrected chi connectivity index (χ3v) is 4.50. The Balaban J connectivity index is 1.65. The van der Waals surface area contributed by atoms with E-state index in [9.17, 15) is 9.90 Å². The molecule has 0 aromatic heterocycles. The van der Waals surface area contributed by atoms with Crippen LogP contribution in [-0.4, -0.2) is 36.0 Å². The van der Waals surface area contributed by atoms with Gasteiger partial charge < -0.3 is 9.84 Å². The summed E-state index contributed by atoms with van der Waals surface area (Å²) in [4.78, 5) is 14.5. The third-order valence-electron chi connectivity index (χ3n) is 4.50. The largest absolute Gasteiger partial charge is 0.508 e. The second-order valence-corrected chi connectivity index (χ2v) is 6.30. The van der Waals surface area contributed by atoms with E-state index >= 15 is 0 Å². The minimum absolute atomic E-state index is 0.0803.